The van der Waals surface area contributed by atoms with Crippen LogP contribution in [0.3, 0.4) is 0 Å². The maximum absolute atomic E-state index is 14.6. The maximum atomic E-state index is 14.6. The number of rotatable bonds is 19. The molecule has 0 unspecified atom stereocenters. The van der Waals surface area contributed by atoms with E-state index in [4.69, 9.17) is 0 Å². The average molecular weight is 1240 g/mol. The van der Waals surface area contributed by atoms with E-state index in [1.54, 1.807) is 0 Å². The summed E-state index contributed by atoms with van der Waals surface area (Å²) in [5.41, 5.74) is 0. The molecule has 3 nitrogen and oxygen atoms in total. The Labute approximate surface area is 502 Å². The van der Waals surface area contributed by atoms with E-state index in [9.17, 15) is 65.9 Å². The van der Waals surface area contributed by atoms with E-state index in [1.807, 2.05) is 0 Å². The van der Waals surface area contributed by atoms with Gasteiger partial charge in [0.25, 0.3) is 0 Å². The summed E-state index contributed by atoms with van der Waals surface area (Å²) in [6, 6.07) is 2.79. The first-order valence-corrected chi connectivity index (χ1v) is 32.0. The molecule has 0 bridgehead atoms. The van der Waals surface area contributed by atoms with Crippen molar-refractivity contribution in [2.75, 3.05) is 0 Å². The summed E-state index contributed by atoms with van der Waals surface area (Å²) >= 11 is 0. The molecule has 6 aliphatic rings. The number of ether oxygens (including phenoxy) is 3. The summed E-state index contributed by atoms with van der Waals surface area (Å²) < 4.78 is 219. The van der Waals surface area contributed by atoms with Gasteiger partial charge in [-0.2, -0.15) is 26.3 Å². The molecule has 3 aromatic carbocycles. The SMILES string of the molecule is CCC1CCC(C2CCC(C(F)(F)Oc3cc(F)c(F)c(F)c3)CC2)CC1.CCCC1CCC(C2CCC(C(F)(F)Oc3cc(F)c(F)c(F)c3)CC2)CC1.CCCCCC1CCC(C2CCC(C(F)(F)Oc3cc(F)c(F)c(F)c3)CC2)CC1.[HH].[HH].[HH].[HH].[HH].[HH]. The molecule has 0 saturated heterocycles. The predicted octanol–water partition coefficient (Wildman–Crippen LogP) is 24.3. The lowest BCUT2D eigenvalue weighted by Gasteiger charge is -2.39. The molecule has 0 radical (unpaired) electrons. The van der Waals surface area contributed by atoms with Crippen LogP contribution >= 0.6 is 0 Å². The quantitative estimate of drug-likeness (QED) is 0.0680. The molecule has 0 spiro atoms. The number of halogens is 15. The van der Waals surface area contributed by atoms with Gasteiger partial charge in [0.15, 0.2) is 52.4 Å². The van der Waals surface area contributed by atoms with Gasteiger partial charge in [0.05, 0.1) is 17.8 Å². The molecule has 0 atom stereocenters. The minimum Gasteiger partial charge on any atom is -0.432 e. The molecule has 6 saturated carbocycles. The fourth-order valence-electron chi connectivity index (χ4n) is 15.3. The maximum Gasteiger partial charge on any atom is 0.400 e. The van der Waals surface area contributed by atoms with Crippen LogP contribution in [-0.4, -0.2) is 18.3 Å². The Hall–Kier alpha value is -3.99. The van der Waals surface area contributed by atoms with E-state index in [0.29, 0.717) is 110 Å². The second-order valence-corrected chi connectivity index (χ2v) is 26.0. The lowest BCUT2D eigenvalue weighted by molar-refractivity contribution is -0.225. The second kappa shape index (κ2) is 31.5. The zero-order chi connectivity index (χ0) is 61.6. The van der Waals surface area contributed by atoms with Crippen LogP contribution in [0.25, 0.3) is 0 Å². The van der Waals surface area contributed by atoms with Crippen molar-refractivity contribution in [1.82, 2.24) is 0 Å². The van der Waals surface area contributed by atoms with E-state index in [0.717, 1.165) is 56.3 Å². The Morgan fingerprint density at radius 2 is 0.553 bits per heavy atom. The Morgan fingerprint density at radius 1 is 0.318 bits per heavy atom. The van der Waals surface area contributed by atoms with Gasteiger partial charge in [0.1, 0.15) is 17.2 Å². The predicted molar refractivity (Wildman–Crippen MR) is 310 cm³/mol. The molecule has 0 aromatic heterocycles. The molecular formula is C67H101F15O3. The average Bonchev–Trinajstić information content (AvgIpc) is 1.89. The van der Waals surface area contributed by atoms with Crippen LogP contribution in [0, 0.1) is 123 Å². The normalized spacial score (nSPS) is 28.7. The molecule has 0 heterocycles. The number of benzene rings is 3. The molecular weight excluding hydrogens is 1140 g/mol. The molecule has 3 aromatic rings. The summed E-state index contributed by atoms with van der Waals surface area (Å²) in [6.45, 7) is 6.65. The smallest absolute Gasteiger partial charge is 0.400 e. The fourth-order valence-corrected chi connectivity index (χ4v) is 15.3. The summed E-state index contributed by atoms with van der Waals surface area (Å²) in [5, 5.41) is 0. The van der Waals surface area contributed by atoms with E-state index >= 15 is 0 Å². The van der Waals surface area contributed by atoms with E-state index < -0.39 is 106 Å². The second-order valence-electron chi connectivity index (χ2n) is 26.0. The fraction of sp³-hybridized carbons (Fsp3) is 0.731. The highest BCUT2D eigenvalue weighted by Gasteiger charge is 2.48. The standard InChI is InChI=1S/C24H33F5O.C22H29F5O.C21H27F5O.6H2/c1-2-3-4-5-16-6-8-17(9-7-16)18-10-12-19(13-11-18)24(28,29)30-20-14-21(25)23(27)22(26)15-20;1-2-3-14-4-6-15(7-5-14)16-8-10-17(11-9-16)22(26,27)28-18-12-19(23)21(25)20(24)13-18;1-2-13-3-5-14(6-4-13)15-7-9-16(10-8-15)21(25,26)27-17-11-18(22)20(24)19(23)12-17;;;;;;/h14-19H,2-13H2,1H3;12-17H,2-11H2,1H3;11-16H,2-10H2,1H3;6*1H. The Balaban J connectivity index is 0.000000662. The van der Waals surface area contributed by atoms with Gasteiger partial charge in [-0.3, -0.25) is 0 Å². The minimum absolute atomic E-state index is 0. The highest BCUT2D eigenvalue weighted by Crippen LogP contribution is 2.50. The van der Waals surface area contributed by atoms with E-state index in [2.05, 4.69) is 35.0 Å². The van der Waals surface area contributed by atoms with Crippen molar-refractivity contribution in [1.29, 1.82) is 0 Å². The summed E-state index contributed by atoms with van der Waals surface area (Å²) in [4.78, 5) is 0. The topological polar surface area (TPSA) is 27.7 Å². The van der Waals surface area contributed by atoms with Gasteiger partial charge < -0.3 is 14.2 Å². The Kier molecular flexibility index (Phi) is 25.3. The summed E-state index contributed by atoms with van der Waals surface area (Å²) in [6.07, 6.45) is 19.4. The Bertz CT molecular complexity index is 2460. The molecule has 492 valence electrons. The third-order valence-electron chi connectivity index (χ3n) is 20.5. The van der Waals surface area contributed by atoms with Crippen molar-refractivity contribution in [3.8, 4) is 17.2 Å². The van der Waals surface area contributed by atoms with Gasteiger partial charge in [-0.15, -0.1) is 0 Å². The zero-order valence-corrected chi connectivity index (χ0v) is 49.7. The number of alkyl halides is 6. The highest BCUT2D eigenvalue weighted by atomic mass is 19.3. The third kappa shape index (κ3) is 19.3. The van der Waals surface area contributed by atoms with E-state index in [-0.39, 0.29) is 8.56 Å². The first-order chi connectivity index (χ1) is 40.4. The van der Waals surface area contributed by atoms with Crippen LogP contribution < -0.4 is 14.2 Å². The van der Waals surface area contributed by atoms with Crippen LogP contribution in [0.15, 0.2) is 36.4 Å². The third-order valence-corrected chi connectivity index (χ3v) is 20.5. The largest absolute Gasteiger partial charge is 0.432 e. The van der Waals surface area contributed by atoms with Crippen LogP contribution in [0.4, 0.5) is 65.9 Å². The summed E-state index contributed by atoms with van der Waals surface area (Å²) in [5.74, 6) is -13.5. The molecule has 85 heavy (non-hydrogen) atoms. The van der Waals surface area contributed by atoms with Crippen LogP contribution in [0.1, 0.15) is 228 Å². The van der Waals surface area contributed by atoms with Gasteiger partial charge in [0.2, 0.25) is 0 Å². The molecule has 6 fully saturated rings. The van der Waals surface area contributed by atoms with Gasteiger partial charge in [0, 0.05) is 45.0 Å². The first-order valence-electron chi connectivity index (χ1n) is 32.0. The molecule has 0 aliphatic heterocycles. The van der Waals surface area contributed by atoms with Gasteiger partial charge in [-0.1, -0.05) is 104 Å². The lowest BCUT2D eigenvalue weighted by atomic mass is 9.68. The van der Waals surface area contributed by atoms with Crippen LogP contribution in [0.5, 0.6) is 17.2 Å². The van der Waals surface area contributed by atoms with Crippen molar-refractivity contribution in [2.24, 2.45) is 71.0 Å². The molecule has 0 amide bonds. The van der Waals surface area contributed by atoms with Crippen LogP contribution in [-0.2, 0) is 0 Å². The lowest BCUT2D eigenvalue weighted by Crippen LogP contribution is -2.38. The monoisotopic (exact) mass is 1240 g/mol. The highest BCUT2D eigenvalue weighted by molar-refractivity contribution is 5.27. The van der Waals surface area contributed by atoms with Gasteiger partial charge in [-0.25, -0.2) is 39.5 Å². The number of hydrogen-bond acceptors (Lipinski definition) is 3. The van der Waals surface area contributed by atoms with Crippen molar-refractivity contribution >= 4 is 0 Å². The van der Waals surface area contributed by atoms with E-state index in [1.165, 1.54) is 122 Å². The minimum atomic E-state index is -3.53. The first kappa shape index (κ1) is 68.5. The van der Waals surface area contributed by atoms with Crippen molar-refractivity contribution in [3.05, 3.63) is 88.8 Å². The Morgan fingerprint density at radius 3 is 0.788 bits per heavy atom. The summed E-state index contributed by atoms with van der Waals surface area (Å²) in [7, 11) is 0. The molecule has 9 rings (SSSR count). The van der Waals surface area contributed by atoms with Crippen molar-refractivity contribution < 1.29 is 88.6 Å². The number of unbranched alkanes of at least 4 members (excludes halogenated alkanes) is 2. The van der Waals surface area contributed by atoms with Crippen LogP contribution in [0.2, 0.25) is 0 Å². The number of hydrogen-bond donors (Lipinski definition) is 0. The zero-order valence-electron chi connectivity index (χ0n) is 49.7. The van der Waals surface area contributed by atoms with Crippen molar-refractivity contribution in [3.63, 3.8) is 0 Å². The molecule has 18 heteroatoms. The van der Waals surface area contributed by atoms with Crippen molar-refractivity contribution in [2.45, 2.75) is 238 Å². The van der Waals surface area contributed by atoms with Gasteiger partial charge >= 0.3 is 18.3 Å². The molecule has 6 aliphatic carbocycles. The molecule has 0 N–H and O–H groups in total. The van der Waals surface area contributed by atoms with Gasteiger partial charge in [-0.05, 0) is 169 Å².